The van der Waals surface area contributed by atoms with Crippen LogP contribution in [-0.2, 0) is 0 Å². The molecular formula is C16H16N6. The summed E-state index contributed by atoms with van der Waals surface area (Å²) in [5.74, 6) is 0.716. The molecule has 2 aromatic heterocycles. The molecule has 6 heteroatoms. The number of para-hydroxylation sites is 1. The van der Waals surface area contributed by atoms with Gasteiger partial charge in [-0.3, -0.25) is 0 Å². The lowest BCUT2D eigenvalue weighted by molar-refractivity contribution is 0.711. The van der Waals surface area contributed by atoms with Crippen molar-refractivity contribution in [3.8, 4) is 11.8 Å². The molecule has 1 unspecified atom stereocenters. The molecule has 0 N–H and O–H groups in total. The largest absolute Gasteiger partial charge is 0.358 e. The van der Waals surface area contributed by atoms with E-state index in [2.05, 4.69) is 21.1 Å². The summed E-state index contributed by atoms with van der Waals surface area (Å²) in [5, 5.41) is 14.3. The Labute approximate surface area is 128 Å². The van der Waals surface area contributed by atoms with E-state index in [0.717, 1.165) is 22.5 Å². The summed E-state index contributed by atoms with van der Waals surface area (Å²) >= 11 is 0. The van der Waals surface area contributed by atoms with Crippen LogP contribution in [-0.4, -0.2) is 33.3 Å². The first-order valence-electron chi connectivity index (χ1n) is 7.05. The molecule has 0 aliphatic heterocycles. The van der Waals surface area contributed by atoms with Gasteiger partial charge in [-0.1, -0.05) is 18.2 Å². The SMILES string of the molecule is CC(C#N)CN(C)c1ncnc2c1cnn2-c1ccccc1. The topological polar surface area (TPSA) is 70.6 Å². The summed E-state index contributed by atoms with van der Waals surface area (Å²) in [6, 6.07) is 12.1. The molecule has 6 nitrogen and oxygen atoms in total. The van der Waals surface area contributed by atoms with Crippen molar-refractivity contribution in [2.45, 2.75) is 6.92 Å². The Balaban J connectivity index is 2.05. The van der Waals surface area contributed by atoms with Gasteiger partial charge in [-0.15, -0.1) is 0 Å². The minimum atomic E-state index is -0.0702. The van der Waals surface area contributed by atoms with Crippen LogP contribution in [0.2, 0.25) is 0 Å². The third-order valence-corrected chi connectivity index (χ3v) is 3.48. The van der Waals surface area contributed by atoms with Crippen LogP contribution in [0, 0.1) is 17.2 Å². The quantitative estimate of drug-likeness (QED) is 0.738. The van der Waals surface area contributed by atoms with Crippen LogP contribution in [0.4, 0.5) is 5.82 Å². The van der Waals surface area contributed by atoms with E-state index in [1.807, 2.05) is 49.2 Å². The molecule has 0 bridgehead atoms. The van der Waals surface area contributed by atoms with Gasteiger partial charge in [0.25, 0.3) is 0 Å². The Bertz CT molecular complexity index is 818. The highest BCUT2D eigenvalue weighted by Gasteiger charge is 2.15. The number of fused-ring (bicyclic) bond motifs is 1. The molecule has 1 atom stereocenters. The molecule has 3 rings (SSSR count). The van der Waals surface area contributed by atoms with Gasteiger partial charge in [0.05, 0.1) is 29.3 Å². The van der Waals surface area contributed by atoms with Gasteiger partial charge in [-0.25, -0.2) is 14.6 Å². The van der Waals surface area contributed by atoms with Crippen molar-refractivity contribution < 1.29 is 0 Å². The van der Waals surface area contributed by atoms with Gasteiger partial charge in [0.15, 0.2) is 5.65 Å². The van der Waals surface area contributed by atoms with E-state index in [9.17, 15) is 0 Å². The van der Waals surface area contributed by atoms with Crippen LogP contribution in [0.3, 0.4) is 0 Å². The van der Waals surface area contributed by atoms with E-state index < -0.39 is 0 Å². The van der Waals surface area contributed by atoms with E-state index >= 15 is 0 Å². The number of hydrogen-bond donors (Lipinski definition) is 0. The van der Waals surface area contributed by atoms with Crippen molar-refractivity contribution in [2.75, 3.05) is 18.5 Å². The fraction of sp³-hybridized carbons (Fsp3) is 0.250. The van der Waals surface area contributed by atoms with E-state index in [1.54, 1.807) is 10.9 Å². The summed E-state index contributed by atoms with van der Waals surface area (Å²) < 4.78 is 1.79. The maximum atomic E-state index is 8.97. The summed E-state index contributed by atoms with van der Waals surface area (Å²) in [6.45, 7) is 2.50. The highest BCUT2D eigenvalue weighted by molar-refractivity contribution is 5.87. The molecule has 0 saturated carbocycles. The maximum absolute atomic E-state index is 8.97. The first-order valence-corrected chi connectivity index (χ1v) is 7.05. The Morgan fingerprint density at radius 3 is 2.77 bits per heavy atom. The predicted molar refractivity (Wildman–Crippen MR) is 84.7 cm³/mol. The molecule has 0 amide bonds. The Morgan fingerprint density at radius 2 is 2.05 bits per heavy atom. The van der Waals surface area contributed by atoms with Gasteiger partial charge in [-0.2, -0.15) is 10.4 Å². The summed E-state index contributed by atoms with van der Waals surface area (Å²) in [5.41, 5.74) is 1.71. The van der Waals surface area contributed by atoms with Gasteiger partial charge in [0.2, 0.25) is 0 Å². The second-order valence-corrected chi connectivity index (χ2v) is 5.24. The minimum Gasteiger partial charge on any atom is -0.358 e. The van der Waals surface area contributed by atoms with Crippen molar-refractivity contribution in [3.63, 3.8) is 0 Å². The first-order chi connectivity index (χ1) is 10.7. The van der Waals surface area contributed by atoms with Crippen LogP contribution < -0.4 is 4.90 Å². The zero-order valence-electron chi connectivity index (χ0n) is 12.5. The molecule has 0 fully saturated rings. The molecular weight excluding hydrogens is 276 g/mol. The molecule has 0 spiro atoms. The number of hydrogen-bond acceptors (Lipinski definition) is 5. The standard InChI is InChI=1S/C16H16N6/c1-12(8-17)10-21(2)15-14-9-20-22(16(14)19-11-18-15)13-6-4-3-5-7-13/h3-7,9,11-12H,10H2,1-2H3. The third kappa shape index (κ3) is 2.49. The van der Waals surface area contributed by atoms with E-state index in [1.165, 1.54) is 6.33 Å². The van der Waals surface area contributed by atoms with Crippen molar-refractivity contribution in [3.05, 3.63) is 42.9 Å². The zero-order chi connectivity index (χ0) is 15.5. The van der Waals surface area contributed by atoms with Gasteiger partial charge in [-0.05, 0) is 19.1 Å². The smallest absolute Gasteiger partial charge is 0.168 e. The fourth-order valence-corrected chi connectivity index (χ4v) is 2.43. The average Bonchev–Trinajstić information content (AvgIpc) is 2.99. The molecule has 0 aliphatic rings. The highest BCUT2D eigenvalue weighted by atomic mass is 15.3. The number of aromatic nitrogens is 4. The highest BCUT2D eigenvalue weighted by Crippen LogP contribution is 2.24. The average molecular weight is 292 g/mol. The number of nitriles is 1. The second kappa shape index (κ2) is 5.82. The van der Waals surface area contributed by atoms with Crippen molar-refractivity contribution in [2.24, 2.45) is 5.92 Å². The second-order valence-electron chi connectivity index (χ2n) is 5.24. The number of nitrogens with zero attached hydrogens (tertiary/aromatic N) is 6. The molecule has 2 heterocycles. The third-order valence-electron chi connectivity index (χ3n) is 3.48. The molecule has 3 aromatic rings. The van der Waals surface area contributed by atoms with Crippen LogP contribution in [0.25, 0.3) is 16.7 Å². The maximum Gasteiger partial charge on any atom is 0.168 e. The number of anilines is 1. The first kappa shape index (κ1) is 14.0. The zero-order valence-corrected chi connectivity index (χ0v) is 12.5. The van der Waals surface area contributed by atoms with Crippen LogP contribution >= 0.6 is 0 Å². The minimum absolute atomic E-state index is 0.0702. The van der Waals surface area contributed by atoms with Crippen molar-refractivity contribution >= 4 is 16.9 Å². The van der Waals surface area contributed by atoms with Crippen LogP contribution in [0.15, 0.2) is 42.9 Å². The lowest BCUT2D eigenvalue weighted by Gasteiger charge is -2.19. The van der Waals surface area contributed by atoms with Crippen LogP contribution in [0.1, 0.15) is 6.92 Å². The monoisotopic (exact) mass is 292 g/mol. The molecule has 0 radical (unpaired) electrons. The van der Waals surface area contributed by atoms with Gasteiger partial charge < -0.3 is 4.90 Å². The van der Waals surface area contributed by atoms with E-state index in [0.29, 0.717) is 6.54 Å². The number of benzene rings is 1. The Kier molecular flexibility index (Phi) is 3.71. The summed E-state index contributed by atoms with van der Waals surface area (Å²) in [6.07, 6.45) is 3.30. The Morgan fingerprint density at radius 1 is 1.27 bits per heavy atom. The number of rotatable bonds is 4. The molecule has 22 heavy (non-hydrogen) atoms. The van der Waals surface area contributed by atoms with Crippen molar-refractivity contribution in [1.29, 1.82) is 5.26 Å². The fourth-order valence-electron chi connectivity index (χ4n) is 2.43. The van der Waals surface area contributed by atoms with Gasteiger partial charge in [0.1, 0.15) is 12.1 Å². The van der Waals surface area contributed by atoms with Gasteiger partial charge in [0, 0.05) is 13.6 Å². The summed E-state index contributed by atoms with van der Waals surface area (Å²) in [7, 11) is 1.93. The Hall–Kier alpha value is -2.94. The van der Waals surface area contributed by atoms with Gasteiger partial charge >= 0.3 is 0 Å². The van der Waals surface area contributed by atoms with Crippen molar-refractivity contribution in [1.82, 2.24) is 19.7 Å². The molecule has 0 saturated heterocycles. The molecule has 110 valence electrons. The lowest BCUT2D eigenvalue weighted by atomic mass is 10.2. The van der Waals surface area contributed by atoms with E-state index in [-0.39, 0.29) is 5.92 Å². The lowest BCUT2D eigenvalue weighted by Crippen LogP contribution is -2.24. The normalized spacial score (nSPS) is 12.0. The molecule has 0 aliphatic carbocycles. The molecule has 1 aromatic carbocycles. The van der Waals surface area contributed by atoms with Crippen LogP contribution in [0.5, 0.6) is 0 Å². The predicted octanol–water partition coefficient (Wildman–Crippen LogP) is 2.41. The van der Waals surface area contributed by atoms with E-state index in [4.69, 9.17) is 5.26 Å². The summed E-state index contributed by atoms with van der Waals surface area (Å²) in [4.78, 5) is 10.7.